The number of likely N-dealkylation sites (N-methyl/N-ethyl adjacent to an activating group) is 1. The second-order valence-electron chi connectivity index (χ2n) is 4.21. The molecule has 0 unspecified atom stereocenters. The maximum Gasteiger partial charge on any atom is 0.323 e. The summed E-state index contributed by atoms with van der Waals surface area (Å²) in [5, 5.41) is 2.73. The van der Waals surface area contributed by atoms with Crippen LogP contribution in [0.4, 0.5) is 10.6 Å². The maximum atomic E-state index is 12.1. The van der Waals surface area contributed by atoms with Crippen molar-refractivity contribution < 1.29 is 4.79 Å². The molecule has 2 heterocycles. The Morgan fingerprint density at radius 2 is 2.00 bits per heavy atom. The van der Waals surface area contributed by atoms with Gasteiger partial charge < -0.3 is 4.90 Å². The van der Waals surface area contributed by atoms with Gasteiger partial charge in [-0.05, 0) is 31.0 Å². The number of anilines is 1. The first kappa shape index (κ1) is 13.9. The Morgan fingerprint density at radius 1 is 1.20 bits per heavy atom. The van der Waals surface area contributed by atoms with Gasteiger partial charge in [0.05, 0.1) is 6.20 Å². The Bertz CT molecular complexity index is 532. The van der Waals surface area contributed by atoms with Gasteiger partial charge in [-0.15, -0.1) is 0 Å². The van der Waals surface area contributed by atoms with Crippen LogP contribution >= 0.6 is 0 Å². The molecule has 6 heteroatoms. The van der Waals surface area contributed by atoms with Gasteiger partial charge in [0.25, 0.3) is 0 Å². The summed E-state index contributed by atoms with van der Waals surface area (Å²) in [6, 6.07) is 3.74. The third-order valence-corrected chi connectivity index (χ3v) is 2.89. The number of hydrogen-bond acceptors (Lipinski definition) is 4. The zero-order chi connectivity index (χ0) is 14.2. The highest BCUT2D eigenvalue weighted by Gasteiger charge is 2.12. The standard InChI is InChI=1S/C14H17N5O/c1-2-19(10-5-12-3-6-15-7-4-12)14(20)18-13-11-16-8-9-17-13/h3-4,6-9,11H,2,5,10H2,1H3,(H,17,18,20). The van der Waals surface area contributed by atoms with E-state index >= 15 is 0 Å². The van der Waals surface area contributed by atoms with E-state index in [-0.39, 0.29) is 6.03 Å². The first-order valence-corrected chi connectivity index (χ1v) is 6.50. The molecule has 0 aliphatic carbocycles. The normalized spacial score (nSPS) is 10.1. The second-order valence-corrected chi connectivity index (χ2v) is 4.21. The molecule has 0 saturated heterocycles. The monoisotopic (exact) mass is 271 g/mol. The van der Waals surface area contributed by atoms with E-state index < -0.39 is 0 Å². The van der Waals surface area contributed by atoms with E-state index in [0.29, 0.717) is 18.9 Å². The van der Waals surface area contributed by atoms with Crippen LogP contribution in [0, 0.1) is 0 Å². The summed E-state index contributed by atoms with van der Waals surface area (Å²) in [7, 11) is 0. The van der Waals surface area contributed by atoms with E-state index in [9.17, 15) is 4.79 Å². The number of aromatic nitrogens is 3. The fourth-order valence-electron chi connectivity index (χ4n) is 1.77. The lowest BCUT2D eigenvalue weighted by molar-refractivity contribution is 0.215. The number of amides is 2. The number of nitrogens with one attached hydrogen (secondary N) is 1. The average Bonchev–Trinajstić information content (AvgIpc) is 2.50. The third-order valence-electron chi connectivity index (χ3n) is 2.89. The Balaban J connectivity index is 1.89. The molecule has 0 radical (unpaired) electrons. The zero-order valence-corrected chi connectivity index (χ0v) is 11.4. The molecule has 0 aromatic carbocycles. The van der Waals surface area contributed by atoms with Crippen LogP contribution in [0.1, 0.15) is 12.5 Å². The Hall–Kier alpha value is -2.50. The van der Waals surface area contributed by atoms with Gasteiger partial charge in [0.2, 0.25) is 0 Å². The van der Waals surface area contributed by atoms with Crippen molar-refractivity contribution in [2.75, 3.05) is 18.4 Å². The van der Waals surface area contributed by atoms with Gasteiger partial charge in [0.15, 0.2) is 5.82 Å². The minimum absolute atomic E-state index is 0.165. The maximum absolute atomic E-state index is 12.1. The summed E-state index contributed by atoms with van der Waals surface area (Å²) in [6.45, 7) is 3.23. The molecule has 0 aliphatic rings. The summed E-state index contributed by atoms with van der Waals surface area (Å²) in [5.41, 5.74) is 1.16. The topological polar surface area (TPSA) is 71.0 Å². The van der Waals surface area contributed by atoms with Crippen molar-refractivity contribution in [1.29, 1.82) is 0 Å². The number of pyridine rings is 1. The van der Waals surface area contributed by atoms with Crippen LogP contribution in [0.25, 0.3) is 0 Å². The van der Waals surface area contributed by atoms with E-state index in [1.165, 1.54) is 6.20 Å². The summed E-state index contributed by atoms with van der Waals surface area (Å²) < 4.78 is 0. The molecule has 0 aliphatic heterocycles. The Labute approximate surface area is 117 Å². The lowest BCUT2D eigenvalue weighted by Gasteiger charge is -2.20. The van der Waals surface area contributed by atoms with Crippen LogP contribution in [0.3, 0.4) is 0 Å². The SMILES string of the molecule is CCN(CCc1ccncc1)C(=O)Nc1cnccn1. The van der Waals surface area contributed by atoms with Gasteiger partial charge in [-0.1, -0.05) is 0 Å². The molecule has 104 valence electrons. The van der Waals surface area contributed by atoms with E-state index in [1.54, 1.807) is 29.7 Å². The Morgan fingerprint density at radius 3 is 2.65 bits per heavy atom. The van der Waals surface area contributed by atoms with Gasteiger partial charge in [0, 0.05) is 37.9 Å². The number of rotatable bonds is 5. The van der Waals surface area contributed by atoms with E-state index in [1.807, 2.05) is 19.1 Å². The number of nitrogens with zero attached hydrogens (tertiary/aromatic N) is 4. The Kier molecular flexibility index (Phi) is 5.00. The second kappa shape index (κ2) is 7.18. The molecule has 0 atom stereocenters. The fraction of sp³-hybridized carbons (Fsp3) is 0.286. The molecule has 2 aromatic rings. The lowest BCUT2D eigenvalue weighted by atomic mass is 10.2. The molecule has 2 rings (SSSR count). The first-order valence-electron chi connectivity index (χ1n) is 6.50. The van der Waals surface area contributed by atoms with Crippen molar-refractivity contribution >= 4 is 11.8 Å². The fourth-order valence-corrected chi connectivity index (χ4v) is 1.77. The van der Waals surface area contributed by atoms with E-state index in [2.05, 4.69) is 20.3 Å². The molecule has 20 heavy (non-hydrogen) atoms. The summed E-state index contributed by atoms with van der Waals surface area (Å²) in [4.78, 5) is 25.7. The molecule has 0 saturated carbocycles. The van der Waals surface area contributed by atoms with Crippen LogP contribution in [-0.4, -0.2) is 39.0 Å². The molecular weight excluding hydrogens is 254 g/mol. The minimum atomic E-state index is -0.165. The van der Waals surface area contributed by atoms with E-state index in [4.69, 9.17) is 0 Å². The van der Waals surface area contributed by atoms with Crippen molar-refractivity contribution in [3.8, 4) is 0 Å². The van der Waals surface area contributed by atoms with Crippen molar-refractivity contribution in [2.45, 2.75) is 13.3 Å². The van der Waals surface area contributed by atoms with E-state index in [0.717, 1.165) is 12.0 Å². The highest BCUT2D eigenvalue weighted by Crippen LogP contribution is 2.03. The van der Waals surface area contributed by atoms with Crippen LogP contribution in [0.15, 0.2) is 43.1 Å². The summed E-state index contributed by atoms with van der Waals surface area (Å²) in [5.74, 6) is 0.458. The third kappa shape index (κ3) is 4.01. The number of carbonyl (C=O) groups is 1. The number of carbonyl (C=O) groups excluding carboxylic acids is 1. The molecule has 0 fully saturated rings. The number of hydrogen-bond donors (Lipinski definition) is 1. The molecule has 2 amide bonds. The van der Waals surface area contributed by atoms with Gasteiger partial charge in [0.1, 0.15) is 0 Å². The molecule has 1 N–H and O–H groups in total. The smallest absolute Gasteiger partial charge is 0.323 e. The summed E-state index contributed by atoms with van der Waals surface area (Å²) in [6.07, 6.45) is 8.94. The van der Waals surface area contributed by atoms with Crippen LogP contribution in [-0.2, 0) is 6.42 Å². The largest absolute Gasteiger partial charge is 0.324 e. The number of urea groups is 1. The first-order chi connectivity index (χ1) is 9.79. The van der Waals surface area contributed by atoms with Gasteiger partial charge in [-0.2, -0.15) is 0 Å². The molecule has 2 aromatic heterocycles. The molecule has 0 spiro atoms. The van der Waals surface area contributed by atoms with Crippen LogP contribution in [0.5, 0.6) is 0 Å². The highest BCUT2D eigenvalue weighted by atomic mass is 16.2. The van der Waals surface area contributed by atoms with Crippen molar-refractivity contribution in [3.63, 3.8) is 0 Å². The summed E-state index contributed by atoms with van der Waals surface area (Å²) >= 11 is 0. The quantitative estimate of drug-likeness (QED) is 0.902. The lowest BCUT2D eigenvalue weighted by Crippen LogP contribution is -2.36. The van der Waals surface area contributed by atoms with Crippen LogP contribution < -0.4 is 5.32 Å². The average molecular weight is 271 g/mol. The van der Waals surface area contributed by atoms with Gasteiger partial charge in [-0.25, -0.2) is 9.78 Å². The predicted molar refractivity (Wildman–Crippen MR) is 76.2 cm³/mol. The van der Waals surface area contributed by atoms with Crippen LogP contribution in [0.2, 0.25) is 0 Å². The van der Waals surface area contributed by atoms with Crippen molar-refractivity contribution in [1.82, 2.24) is 19.9 Å². The molecule has 6 nitrogen and oxygen atoms in total. The zero-order valence-electron chi connectivity index (χ0n) is 11.4. The highest BCUT2D eigenvalue weighted by molar-refractivity contribution is 5.88. The molecule has 0 bridgehead atoms. The van der Waals surface area contributed by atoms with Crippen molar-refractivity contribution in [3.05, 3.63) is 48.7 Å². The predicted octanol–water partition coefficient (Wildman–Crippen LogP) is 1.97. The van der Waals surface area contributed by atoms with Crippen molar-refractivity contribution in [2.24, 2.45) is 0 Å². The van der Waals surface area contributed by atoms with Gasteiger partial charge in [-0.3, -0.25) is 15.3 Å². The minimum Gasteiger partial charge on any atom is -0.324 e. The van der Waals surface area contributed by atoms with Gasteiger partial charge >= 0.3 is 6.03 Å². The molecular formula is C14H17N5O.